The standard InChI is InChI=1S/C14H17N7S/c1-2-16-6-10-19-11-12(20-10)14(15)18-8-5-9(22-13(8)11)7-3-4-17-21-7/h5,16-17H,2-4,6H2,1H3,(H2,15,18)(H,19,20). The average Bonchev–Trinajstić information content (AvgIpc) is 3.22. The van der Waals surface area contributed by atoms with E-state index in [-0.39, 0.29) is 0 Å². The highest BCUT2D eigenvalue weighted by Gasteiger charge is 2.17. The number of hydrazone groups is 1. The van der Waals surface area contributed by atoms with Crippen LogP contribution in [0.15, 0.2) is 11.2 Å². The largest absolute Gasteiger partial charge is 0.382 e. The number of H-pyrrole nitrogens is 1. The Morgan fingerprint density at radius 1 is 1.41 bits per heavy atom. The molecule has 0 aromatic carbocycles. The zero-order chi connectivity index (χ0) is 15.1. The van der Waals surface area contributed by atoms with Crippen molar-refractivity contribution < 1.29 is 0 Å². The zero-order valence-corrected chi connectivity index (χ0v) is 13.0. The third-order valence-electron chi connectivity index (χ3n) is 3.69. The van der Waals surface area contributed by atoms with E-state index >= 15 is 0 Å². The fraction of sp³-hybridized carbons (Fsp3) is 0.357. The van der Waals surface area contributed by atoms with Crippen molar-refractivity contribution in [2.45, 2.75) is 19.9 Å². The van der Waals surface area contributed by atoms with Gasteiger partial charge in [0.05, 0.1) is 32.9 Å². The van der Waals surface area contributed by atoms with Gasteiger partial charge in [0, 0.05) is 13.0 Å². The van der Waals surface area contributed by atoms with Gasteiger partial charge in [0.15, 0.2) is 5.82 Å². The SMILES string of the molecule is CCNCc1nc2c(N)nc3cc(C4=NNCC4)sc3c2[nH]1. The molecule has 4 rings (SSSR count). The topological polar surface area (TPSA) is 104 Å². The third kappa shape index (κ3) is 2.11. The van der Waals surface area contributed by atoms with Crippen LogP contribution in [0, 0.1) is 0 Å². The lowest BCUT2D eigenvalue weighted by atomic mass is 10.2. The number of aromatic amines is 1. The van der Waals surface area contributed by atoms with Crippen molar-refractivity contribution in [2.75, 3.05) is 18.8 Å². The van der Waals surface area contributed by atoms with Crippen LogP contribution in [0.5, 0.6) is 0 Å². The molecule has 7 nitrogen and oxygen atoms in total. The molecule has 1 aliphatic heterocycles. The summed E-state index contributed by atoms with van der Waals surface area (Å²) in [6.45, 7) is 4.56. The smallest absolute Gasteiger partial charge is 0.152 e. The highest BCUT2D eigenvalue weighted by Crippen LogP contribution is 2.33. The molecule has 5 N–H and O–H groups in total. The van der Waals surface area contributed by atoms with E-state index < -0.39 is 0 Å². The van der Waals surface area contributed by atoms with Crippen molar-refractivity contribution in [1.29, 1.82) is 0 Å². The summed E-state index contributed by atoms with van der Waals surface area (Å²) in [5, 5.41) is 7.60. The number of rotatable bonds is 4. The number of nitrogens with two attached hydrogens (primary N) is 1. The second-order valence-electron chi connectivity index (χ2n) is 5.23. The molecule has 0 saturated heterocycles. The van der Waals surface area contributed by atoms with E-state index in [4.69, 9.17) is 5.73 Å². The lowest BCUT2D eigenvalue weighted by Crippen LogP contribution is -2.12. The first-order valence-corrected chi connectivity index (χ1v) is 8.16. The van der Waals surface area contributed by atoms with Gasteiger partial charge < -0.3 is 21.5 Å². The maximum absolute atomic E-state index is 6.08. The van der Waals surface area contributed by atoms with Crippen LogP contribution in [-0.2, 0) is 6.54 Å². The van der Waals surface area contributed by atoms with E-state index in [9.17, 15) is 0 Å². The van der Waals surface area contributed by atoms with E-state index in [2.05, 4.69) is 43.8 Å². The van der Waals surface area contributed by atoms with Crippen molar-refractivity contribution in [2.24, 2.45) is 5.10 Å². The number of imidazole rings is 1. The van der Waals surface area contributed by atoms with Gasteiger partial charge in [0.2, 0.25) is 0 Å². The Hall–Kier alpha value is -2.19. The summed E-state index contributed by atoms with van der Waals surface area (Å²) in [5.41, 5.74) is 12.8. The molecule has 3 aromatic rings. The summed E-state index contributed by atoms with van der Waals surface area (Å²) in [6, 6.07) is 2.06. The molecular weight excluding hydrogens is 298 g/mol. The summed E-state index contributed by atoms with van der Waals surface area (Å²) >= 11 is 1.69. The average molecular weight is 315 g/mol. The molecule has 0 fully saturated rings. The van der Waals surface area contributed by atoms with Crippen molar-refractivity contribution in [3.8, 4) is 0 Å². The maximum atomic E-state index is 6.08. The van der Waals surface area contributed by atoms with Crippen LogP contribution in [0.2, 0.25) is 0 Å². The van der Waals surface area contributed by atoms with E-state index in [0.29, 0.717) is 12.4 Å². The minimum absolute atomic E-state index is 0.470. The molecule has 0 bridgehead atoms. The van der Waals surface area contributed by atoms with E-state index in [1.807, 2.05) is 0 Å². The van der Waals surface area contributed by atoms with E-state index in [0.717, 1.165) is 57.2 Å². The number of nitrogens with one attached hydrogen (secondary N) is 3. The monoisotopic (exact) mass is 315 g/mol. The highest BCUT2D eigenvalue weighted by atomic mass is 32.1. The molecule has 4 heterocycles. The van der Waals surface area contributed by atoms with Crippen molar-refractivity contribution >= 4 is 44.1 Å². The fourth-order valence-corrected chi connectivity index (χ4v) is 3.74. The van der Waals surface area contributed by atoms with Gasteiger partial charge in [-0.05, 0) is 12.6 Å². The molecule has 22 heavy (non-hydrogen) atoms. The number of nitrogens with zero attached hydrogens (tertiary/aromatic N) is 3. The summed E-state index contributed by atoms with van der Waals surface area (Å²) in [4.78, 5) is 13.6. The molecular formula is C14H17N7S. The molecule has 0 radical (unpaired) electrons. The molecule has 0 spiro atoms. The number of fused-ring (bicyclic) bond motifs is 3. The summed E-state index contributed by atoms with van der Waals surface area (Å²) < 4.78 is 1.09. The summed E-state index contributed by atoms with van der Waals surface area (Å²) in [5.74, 6) is 1.35. The molecule has 0 aliphatic carbocycles. The van der Waals surface area contributed by atoms with Crippen LogP contribution in [0.25, 0.3) is 21.3 Å². The third-order valence-corrected chi connectivity index (χ3v) is 4.88. The Morgan fingerprint density at radius 3 is 3.09 bits per heavy atom. The second-order valence-corrected chi connectivity index (χ2v) is 6.28. The Bertz CT molecular complexity index is 876. The Kier molecular flexibility index (Phi) is 3.20. The normalized spacial score (nSPS) is 14.7. The summed E-state index contributed by atoms with van der Waals surface area (Å²) in [7, 11) is 0. The predicted octanol–water partition coefficient (Wildman–Crippen LogP) is 1.56. The van der Waals surface area contributed by atoms with Gasteiger partial charge in [0.1, 0.15) is 11.3 Å². The molecule has 3 aromatic heterocycles. The van der Waals surface area contributed by atoms with Crippen molar-refractivity contribution in [1.82, 2.24) is 25.7 Å². The van der Waals surface area contributed by atoms with Gasteiger partial charge in [-0.3, -0.25) is 0 Å². The Labute approximate surface area is 131 Å². The maximum Gasteiger partial charge on any atom is 0.152 e. The minimum Gasteiger partial charge on any atom is -0.382 e. The molecule has 0 unspecified atom stereocenters. The minimum atomic E-state index is 0.470. The quantitative estimate of drug-likeness (QED) is 0.585. The van der Waals surface area contributed by atoms with Crippen LogP contribution < -0.4 is 16.5 Å². The van der Waals surface area contributed by atoms with Crippen molar-refractivity contribution in [3.05, 3.63) is 16.8 Å². The van der Waals surface area contributed by atoms with Crippen molar-refractivity contribution in [3.63, 3.8) is 0 Å². The van der Waals surface area contributed by atoms with Crippen LogP contribution in [-0.4, -0.2) is 33.8 Å². The van der Waals surface area contributed by atoms with Gasteiger partial charge in [-0.15, -0.1) is 11.3 Å². The number of pyridine rings is 1. The number of hydrogen-bond acceptors (Lipinski definition) is 7. The van der Waals surface area contributed by atoms with Gasteiger partial charge >= 0.3 is 0 Å². The van der Waals surface area contributed by atoms with Crippen LogP contribution in [0.3, 0.4) is 0 Å². The molecule has 0 amide bonds. The molecule has 0 saturated carbocycles. The number of hydrogen-bond donors (Lipinski definition) is 4. The first-order chi connectivity index (χ1) is 10.8. The first-order valence-electron chi connectivity index (χ1n) is 7.34. The van der Waals surface area contributed by atoms with Gasteiger partial charge in [0.25, 0.3) is 0 Å². The van der Waals surface area contributed by atoms with Gasteiger partial charge in [-0.25, -0.2) is 9.97 Å². The van der Waals surface area contributed by atoms with Gasteiger partial charge in [-0.2, -0.15) is 5.10 Å². The van der Waals surface area contributed by atoms with Crippen LogP contribution in [0.4, 0.5) is 5.82 Å². The second kappa shape index (κ2) is 5.22. The van der Waals surface area contributed by atoms with Gasteiger partial charge in [-0.1, -0.05) is 6.92 Å². The lowest BCUT2D eigenvalue weighted by molar-refractivity contribution is 0.700. The Balaban J connectivity index is 1.87. The molecule has 1 aliphatic rings. The summed E-state index contributed by atoms with van der Waals surface area (Å²) in [6.07, 6.45) is 0.945. The number of thiophene rings is 1. The molecule has 0 atom stereocenters. The number of aromatic nitrogens is 3. The number of anilines is 1. The molecule has 114 valence electrons. The first kappa shape index (κ1) is 13.5. The predicted molar refractivity (Wildman–Crippen MR) is 90.2 cm³/mol. The fourth-order valence-electron chi connectivity index (χ4n) is 2.63. The van der Waals surface area contributed by atoms with Crippen LogP contribution >= 0.6 is 11.3 Å². The van der Waals surface area contributed by atoms with E-state index in [1.165, 1.54) is 0 Å². The van der Waals surface area contributed by atoms with Crippen LogP contribution in [0.1, 0.15) is 24.0 Å². The zero-order valence-electron chi connectivity index (χ0n) is 12.2. The Morgan fingerprint density at radius 2 is 2.32 bits per heavy atom. The highest BCUT2D eigenvalue weighted by molar-refractivity contribution is 7.21. The number of nitrogen functional groups attached to an aromatic ring is 1. The van der Waals surface area contributed by atoms with E-state index in [1.54, 1.807) is 11.3 Å². The lowest BCUT2D eigenvalue weighted by Gasteiger charge is -1.95. The molecule has 8 heteroatoms.